The Morgan fingerprint density at radius 2 is 0.774 bits per heavy atom. The summed E-state index contributed by atoms with van der Waals surface area (Å²) in [6.07, 6.45) is 0. The van der Waals surface area contributed by atoms with E-state index in [0.717, 1.165) is 55.7 Å². The molecule has 0 radical (unpaired) electrons. The normalized spacial score (nSPS) is 12.6. The maximum Gasteiger partial charge on any atom is 0.101 e. The highest BCUT2D eigenvalue weighted by Crippen LogP contribution is 2.58. The summed E-state index contributed by atoms with van der Waals surface area (Å²) in [5.41, 5.74) is 19.6. The highest BCUT2D eigenvalue weighted by atomic mass is 15.2. The van der Waals surface area contributed by atoms with Gasteiger partial charge < -0.3 is 0 Å². The van der Waals surface area contributed by atoms with Crippen LogP contribution < -0.4 is 0 Å². The van der Waals surface area contributed by atoms with E-state index >= 15 is 0 Å². The van der Waals surface area contributed by atoms with Crippen LogP contribution in [0.3, 0.4) is 0 Å². The van der Waals surface area contributed by atoms with Crippen LogP contribution in [0.25, 0.3) is 83.3 Å². The smallest absolute Gasteiger partial charge is 0.101 e. The summed E-state index contributed by atoms with van der Waals surface area (Å²) in [7, 11) is 0. The Hall–Kier alpha value is -8.07. The minimum absolute atomic E-state index is 0.454. The van der Waals surface area contributed by atoms with Gasteiger partial charge in [0.05, 0.1) is 16.6 Å². The highest BCUT2D eigenvalue weighted by Gasteiger charge is 2.46. The molecule has 0 fully saturated rings. The summed E-state index contributed by atoms with van der Waals surface area (Å²) in [4.78, 5) is 0. The van der Waals surface area contributed by atoms with Gasteiger partial charge in [-0.15, -0.1) is 0 Å². The van der Waals surface area contributed by atoms with E-state index in [1.807, 2.05) is 0 Å². The van der Waals surface area contributed by atoms with Crippen LogP contribution in [0, 0.1) is 0 Å². The first-order chi connectivity index (χ1) is 30.8. The van der Waals surface area contributed by atoms with E-state index in [-0.39, 0.29) is 0 Å². The van der Waals surface area contributed by atoms with E-state index in [1.165, 1.54) is 49.9 Å². The molecule has 9 aromatic carbocycles. The fraction of sp³-hybridized carbons (Fsp3) is 0.0167. The maximum absolute atomic E-state index is 5.58. The van der Waals surface area contributed by atoms with Gasteiger partial charge in [0.2, 0.25) is 0 Å². The van der Waals surface area contributed by atoms with Crippen molar-refractivity contribution >= 4 is 16.3 Å². The molecule has 0 atom stereocenters. The first-order valence-corrected chi connectivity index (χ1v) is 21.4. The Balaban J connectivity index is 1.10. The van der Waals surface area contributed by atoms with Crippen molar-refractivity contribution in [3.05, 3.63) is 265 Å². The van der Waals surface area contributed by atoms with Crippen molar-refractivity contribution < 1.29 is 0 Å². The second kappa shape index (κ2) is 14.6. The Morgan fingerprint density at radius 3 is 1.42 bits per heavy atom. The molecule has 0 saturated carbocycles. The first-order valence-electron chi connectivity index (χ1n) is 21.4. The Morgan fingerprint density at radius 1 is 0.306 bits per heavy atom. The number of pyridine rings is 1. The number of aromatic nitrogens is 2. The van der Waals surface area contributed by atoms with Crippen molar-refractivity contribution in [3.63, 3.8) is 0 Å². The number of fused-ring (bicyclic) bond motifs is 6. The lowest BCUT2D eigenvalue weighted by Crippen LogP contribution is -2.28. The second-order valence-electron chi connectivity index (χ2n) is 16.2. The molecule has 0 aliphatic heterocycles. The number of benzene rings is 9. The predicted molar refractivity (Wildman–Crippen MR) is 257 cm³/mol. The zero-order valence-corrected chi connectivity index (χ0v) is 34.0. The van der Waals surface area contributed by atoms with Crippen LogP contribution in [0.2, 0.25) is 0 Å². The highest BCUT2D eigenvalue weighted by molar-refractivity contribution is 6.15. The molecule has 11 aromatic rings. The fourth-order valence-corrected chi connectivity index (χ4v) is 10.4. The lowest BCUT2D eigenvalue weighted by molar-refractivity contribution is 0.768. The van der Waals surface area contributed by atoms with Gasteiger partial charge in [-0.2, -0.15) is 5.10 Å². The molecule has 12 rings (SSSR count). The summed E-state index contributed by atoms with van der Waals surface area (Å²) < 4.78 is 2.22. The van der Waals surface area contributed by atoms with Gasteiger partial charge in [0.25, 0.3) is 0 Å². The molecule has 62 heavy (non-hydrogen) atoms. The van der Waals surface area contributed by atoms with Crippen molar-refractivity contribution in [2.75, 3.05) is 0 Å². The van der Waals surface area contributed by atoms with Crippen molar-refractivity contribution in [2.45, 2.75) is 5.41 Å². The lowest BCUT2D eigenvalue weighted by atomic mass is 9.67. The standard InChI is InChI=1S/C60H40N2/c1-6-21-42(22-7-1)55-57(44-23-8-2-9-24-44)61-62-58(45-25-10-3-11-26-45)54(49-31-16-17-32-50(49)59(55)62)43-39-37-41(38-40-43)48-34-20-36-53-56(48)51-33-18-19-35-52(51)60(53,46-27-12-4-13-28-46)47-29-14-5-15-30-47/h1-40H. The molecule has 2 aromatic heterocycles. The number of rotatable bonds is 7. The van der Waals surface area contributed by atoms with E-state index in [4.69, 9.17) is 5.10 Å². The molecule has 0 saturated heterocycles. The third-order valence-electron chi connectivity index (χ3n) is 12.9. The van der Waals surface area contributed by atoms with E-state index in [2.05, 4.69) is 247 Å². The average Bonchev–Trinajstić information content (AvgIpc) is 3.91. The molecule has 0 spiro atoms. The summed E-state index contributed by atoms with van der Waals surface area (Å²) in [6, 6.07) is 88.2. The van der Waals surface area contributed by atoms with Crippen LogP contribution in [0.4, 0.5) is 0 Å². The number of hydrogen-bond donors (Lipinski definition) is 0. The minimum atomic E-state index is -0.454. The van der Waals surface area contributed by atoms with E-state index in [9.17, 15) is 0 Å². The minimum Gasteiger partial charge on any atom is -0.231 e. The molecule has 290 valence electrons. The molecule has 0 unspecified atom stereocenters. The molecule has 0 bridgehead atoms. The predicted octanol–water partition coefficient (Wildman–Crippen LogP) is 15.2. The Kier molecular flexibility index (Phi) is 8.43. The van der Waals surface area contributed by atoms with Crippen molar-refractivity contribution in [1.82, 2.24) is 9.61 Å². The Bertz CT molecular complexity index is 3370. The van der Waals surface area contributed by atoms with Gasteiger partial charge >= 0.3 is 0 Å². The molecule has 2 heterocycles. The molecular formula is C60H40N2. The molecule has 0 amide bonds. The third kappa shape index (κ3) is 5.40. The lowest BCUT2D eigenvalue weighted by Gasteiger charge is -2.34. The zero-order chi connectivity index (χ0) is 41.0. The van der Waals surface area contributed by atoms with Crippen LogP contribution in [0.5, 0.6) is 0 Å². The van der Waals surface area contributed by atoms with Crippen molar-refractivity contribution in [2.24, 2.45) is 0 Å². The largest absolute Gasteiger partial charge is 0.231 e. The SMILES string of the molecule is c1ccc(-c2nn3c(-c4ccccc4)c(-c4ccc(-c5cccc6c5-c5ccccc5C6(c5ccccc5)c5ccccc5)cc4)c4ccccc4c3c2-c2ccccc2)cc1. The van der Waals surface area contributed by atoms with Gasteiger partial charge in [-0.3, -0.25) is 0 Å². The molecule has 2 nitrogen and oxygen atoms in total. The van der Waals surface area contributed by atoms with Crippen LogP contribution in [0.15, 0.2) is 243 Å². The summed E-state index contributed by atoms with van der Waals surface area (Å²) in [6.45, 7) is 0. The molecule has 2 heteroatoms. The van der Waals surface area contributed by atoms with Gasteiger partial charge in [-0.05, 0) is 61.0 Å². The van der Waals surface area contributed by atoms with Gasteiger partial charge in [0, 0.05) is 27.6 Å². The van der Waals surface area contributed by atoms with E-state index in [1.54, 1.807) is 0 Å². The summed E-state index contributed by atoms with van der Waals surface area (Å²) in [5.74, 6) is 0. The fourth-order valence-electron chi connectivity index (χ4n) is 10.4. The van der Waals surface area contributed by atoms with Gasteiger partial charge in [-0.25, -0.2) is 4.52 Å². The average molecular weight is 789 g/mol. The Labute approximate surface area is 361 Å². The zero-order valence-electron chi connectivity index (χ0n) is 34.0. The van der Waals surface area contributed by atoms with Crippen LogP contribution in [-0.2, 0) is 5.41 Å². The quantitative estimate of drug-likeness (QED) is 0.157. The maximum atomic E-state index is 5.58. The molecular weight excluding hydrogens is 749 g/mol. The van der Waals surface area contributed by atoms with Crippen LogP contribution in [0.1, 0.15) is 22.3 Å². The van der Waals surface area contributed by atoms with Crippen LogP contribution in [-0.4, -0.2) is 9.61 Å². The summed E-state index contributed by atoms with van der Waals surface area (Å²) in [5, 5.41) is 7.93. The van der Waals surface area contributed by atoms with Gasteiger partial charge in [0.1, 0.15) is 5.69 Å². The monoisotopic (exact) mass is 788 g/mol. The van der Waals surface area contributed by atoms with Crippen molar-refractivity contribution in [1.29, 1.82) is 0 Å². The topological polar surface area (TPSA) is 17.3 Å². The first kappa shape index (κ1) is 35.8. The molecule has 1 aliphatic carbocycles. The second-order valence-corrected chi connectivity index (χ2v) is 16.2. The third-order valence-corrected chi connectivity index (χ3v) is 12.9. The number of hydrogen-bond acceptors (Lipinski definition) is 1. The number of nitrogens with zero attached hydrogens (tertiary/aromatic N) is 2. The van der Waals surface area contributed by atoms with Crippen molar-refractivity contribution in [3.8, 4) is 67.0 Å². The molecule has 0 N–H and O–H groups in total. The molecule has 1 aliphatic rings. The van der Waals surface area contributed by atoms with Crippen LogP contribution >= 0.6 is 0 Å². The summed E-state index contributed by atoms with van der Waals surface area (Å²) >= 11 is 0. The van der Waals surface area contributed by atoms with E-state index < -0.39 is 5.41 Å². The van der Waals surface area contributed by atoms with Gasteiger partial charge in [0.15, 0.2) is 0 Å². The van der Waals surface area contributed by atoms with Gasteiger partial charge in [-0.1, -0.05) is 243 Å². The van der Waals surface area contributed by atoms with E-state index in [0.29, 0.717) is 0 Å².